The zero-order valence-corrected chi connectivity index (χ0v) is 19.1. The van der Waals surface area contributed by atoms with E-state index in [0.717, 1.165) is 54.7 Å². The number of likely N-dealkylation sites (tertiary alicyclic amines) is 1. The third-order valence-corrected chi connectivity index (χ3v) is 6.57. The van der Waals surface area contributed by atoms with E-state index in [9.17, 15) is 4.79 Å². The molecule has 0 N–H and O–H groups in total. The molecule has 1 fully saturated rings. The van der Waals surface area contributed by atoms with Crippen molar-refractivity contribution in [3.8, 4) is 17.0 Å². The first-order valence-electron chi connectivity index (χ1n) is 11.4. The quantitative estimate of drug-likeness (QED) is 0.450. The number of hydrogen-bond donors (Lipinski definition) is 0. The van der Waals surface area contributed by atoms with Crippen molar-refractivity contribution in [1.82, 2.24) is 19.7 Å². The topological polar surface area (TPSA) is 60.2 Å². The Balaban J connectivity index is 1.40. The molecule has 1 aliphatic heterocycles. The second-order valence-electron chi connectivity index (χ2n) is 8.72. The Hall–Kier alpha value is -3.67. The summed E-state index contributed by atoms with van der Waals surface area (Å²) < 4.78 is 7.10. The number of rotatable bonds is 5. The maximum atomic E-state index is 13.6. The fourth-order valence-electron chi connectivity index (χ4n) is 4.68. The van der Waals surface area contributed by atoms with Gasteiger partial charge < -0.3 is 9.64 Å². The van der Waals surface area contributed by atoms with Crippen LogP contribution < -0.4 is 4.74 Å². The van der Waals surface area contributed by atoms with E-state index in [1.807, 2.05) is 42.3 Å². The van der Waals surface area contributed by atoms with Gasteiger partial charge in [-0.25, -0.2) is 4.98 Å². The molecule has 6 nitrogen and oxygen atoms in total. The fourth-order valence-corrected chi connectivity index (χ4v) is 4.68. The van der Waals surface area contributed by atoms with Gasteiger partial charge in [-0.15, -0.1) is 0 Å². The van der Waals surface area contributed by atoms with Crippen LogP contribution >= 0.6 is 0 Å². The zero-order chi connectivity index (χ0) is 22.8. The van der Waals surface area contributed by atoms with Crippen molar-refractivity contribution in [2.75, 3.05) is 20.2 Å². The van der Waals surface area contributed by atoms with Gasteiger partial charge in [0.05, 0.1) is 30.0 Å². The van der Waals surface area contributed by atoms with E-state index in [1.165, 1.54) is 5.56 Å². The number of amides is 1. The Labute approximate surface area is 193 Å². The molecule has 1 aliphatic rings. The van der Waals surface area contributed by atoms with Crippen LogP contribution in [-0.4, -0.2) is 45.8 Å². The van der Waals surface area contributed by atoms with E-state index in [0.29, 0.717) is 17.1 Å². The number of fused-ring (bicyclic) bond motifs is 1. The molecule has 3 heterocycles. The Morgan fingerprint density at radius 2 is 1.85 bits per heavy atom. The Kier molecular flexibility index (Phi) is 5.82. The van der Waals surface area contributed by atoms with Gasteiger partial charge in [0.2, 0.25) is 0 Å². The molecule has 1 amide bonds. The van der Waals surface area contributed by atoms with Gasteiger partial charge in [-0.2, -0.15) is 5.10 Å². The molecule has 0 atom stereocenters. The summed E-state index contributed by atoms with van der Waals surface area (Å²) in [6.07, 6.45) is 4.85. The van der Waals surface area contributed by atoms with Crippen LogP contribution in [0.2, 0.25) is 0 Å². The SMILES string of the molecule is COc1cccc(-c2cc(C(=O)N3CCC(Cc4ccccc4)CC3)c3cnn(C)c3n2)c1. The van der Waals surface area contributed by atoms with Gasteiger partial charge in [-0.05, 0) is 48.9 Å². The van der Waals surface area contributed by atoms with Crippen LogP contribution in [0.15, 0.2) is 66.9 Å². The highest BCUT2D eigenvalue weighted by Gasteiger charge is 2.26. The lowest BCUT2D eigenvalue weighted by molar-refractivity contribution is 0.0692. The molecular formula is C27H28N4O2. The third kappa shape index (κ3) is 4.33. The van der Waals surface area contributed by atoms with E-state index in [1.54, 1.807) is 18.0 Å². The smallest absolute Gasteiger partial charge is 0.254 e. The molecule has 0 saturated carbocycles. The van der Waals surface area contributed by atoms with Gasteiger partial charge in [0.15, 0.2) is 5.65 Å². The van der Waals surface area contributed by atoms with Gasteiger partial charge in [0.1, 0.15) is 5.75 Å². The first-order valence-corrected chi connectivity index (χ1v) is 11.4. The maximum Gasteiger partial charge on any atom is 0.254 e. The summed E-state index contributed by atoms with van der Waals surface area (Å²) in [6.45, 7) is 1.55. The highest BCUT2D eigenvalue weighted by molar-refractivity contribution is 6.06. The second kappa shape index (κ2) is 9.06. The van der Waals surface area contributed by atoms with Gasteiger partial charge in [0.25, 0.3) is 5.91 Å². The van der Waals surface area contributed by atoms with Crippen LogP contribution in [0.4, 0.5) is 0 Å². The fraction of sp³-hybridized carbons (Fsp3) is 0.296. The summed E-state index contributed by atoms with van der Waals surface area (Å²) in [5, 5.41) is 5.16. The van der Waals surface area contributed by atoms with Crippen molar-refractivity contribution >= 4 is 16.9 Å². The molecule has 0 unspecified atom stereocenters. The summed E-state index contributed by atoms with van der Waals surface area (Å²) in [6, 6.07) is 20.3. The first-order chi connectivity index (χ1) is 16.1. The van der Waals surface area contributed by atoms with Crippen molar-refractivity contribution in [2.45, 2.75) is 19.3 Å². The van der Waals surface area contributed by atoms with Crippen LogP contribution in [0, 0.1) is 5.92 Å². The average molecular weight is 441 g/mol. The molecule has 0 bridgehead atoms. The van der Waals surface area contributed by atoms with Crippen LogP contribution in [0.5, 0.6) is 5.75 Å². The number of aromatic nitrogens is 3. The monoisotopic (exact) mass is 440 g/mol. The van der Waals surface area contributed by atoms with Crippen molar-refractivity contribution in [3.63, 3.8) is 0 Å². The predicted octanol–water partition coefficient (Wildman–Crippen LogP) is 4.74. The molecule has 0 aliphatic carbocycles. The van der Waals surface area contributed by atoms with E-state index in [2.05, 4.69) is 35.4 Å². The number of benzene rings is 2. The minimum Gasteiger partial charge on any atom is -0.497 e. The molecule has 168 valence electrons. The Morgan fingerprint density at radius 1 is 1.06 bits per heavy atom. The largest absolute Gasteiger partial charge is 0.497 e. The number of carbonyl (C=O) groups excluding carboxylic acids is 1. The van der Waals surface area contributed by atoms with E-state index in [-0.39, 0.29) is 5.91 Å². The lowest BCUT2D eigenvalue weighted by Gasteiger charge is -2.32. The van der Waals surface area contributed by atoms with Crippen LogP contribution in [0.3, 0.4) is 0 Å². The number of ether oxygens (including phenoxy) is 1. The average Bonchev–Trinajstić information content (AvgIpc) is 3.25. The van der Waals surface area contributed by atoms with Gasteiger partial charge >= 0.3 is 0 Å². The Bertz CT molecular complexity index is 1270. The maximum absolute atomic E-state index is 13.6. The minimum atomic E-state index is 0.0534. The number of piperidine rings is 1. The standard InChI is InChI=1S/C27H28N4O2/c1-30-26-24(18-28-30)23(17-25(29-26)21-9-6-10-22(16-21)33-2)27(32)31-13-11-20(12-14-31)15-19-7-4-3-5-8-19/h3-10,16-18,20H,11-15H2,1-2H3. The molecule has 2 aromatic carbocycles. The molecule has 1 saturated heterocycles. The van der Waals surface area contributed by atoms with Crippen molar-refractivity contribution in [2.24, 2.45) is 13.0 Å². The summed E-state index contributed by atoms with van der Waals surface area (Å²) in [5.41, 5.74) is 4.39. The number of methoxy groups -OCH3 is 1. The highest BCUT2D eigenvalue weighted by Crippen LogP contribution is 2.29. The first kappa shape index (κ1) is 21.2. The normalized spacial score (nSPS) is 14.5. The van der Waals surface area contributed by atoms with Gasteiger partial charge in [-0.3, -0.25) is 9.48 Å². The van der Waals surface area contributed by atoms with Crippen LogP contribution in [0.25, 0.3) is 22.3 Å². The van der Waals surface area contributed by atoms with Crippen molar-refractivity contribution in [1.29, 1.82) is 0 Å². The minimum absolute atomic E-state index is 0.0534. The van der Waals surface area contributed by atoms with Gasteiger partial charge in [-0.1, -0.05) is 42.5 Å². The van der Waals surface area contributed by atoms with Crippen molar-refractivity contribution in [3.05, 3.63) is 78.0 Å². The zero-order valence-electron chi connectivity index (χ0n) is 19.1. The Morgan fingerprint density at radius 3 is 2.61 bits per heavy atom. The molecule has 5 rings (SSSR count). The van der Waals surface area contributed by atoms with E-state index in [4.69, 9.17) is 9.72 Å². The van der Waals surface area contributed by atoms with Gasteiger partial charge in [0, 0.05) is 25.7 Å². The molecule has 2 aromatic heterocycles. The number of aryl methyl sites for hydroxylation is 1. The summed E-state index contributed by atoms with van der Waals surface area (Å²) in [4.78, 5) is 20.4. The molecule has 33 heavy (non-hydrogen) atoms. The molecular weight excluding hydrogens is 412 g/mol. The van der Waals surface area contributed by atoms with Crippen LogP contribution in [-0.2, 0) is 13.5 Å². The summed E-state index contributed by atoms with van der Waals surface area (Å²) >= 11 is 0. The third-order valence-electron chi connectivity index (χ3n) is 6.57. The molecule has 4 aromatic rings. The van der Waals surface area contributed by atoms with Crippen LogP contribution in [0.1, 0.15) is 28.8 Å². The lowest BCUT2D eigenvalue weighted by Crippen LogP contribution is -2.39. The summed E-state index contributed by atoms with van der Waals surface area (Å²) in [5.74, 6) is 1.42. The molecule has 0 radical (unpaired) electrons. The number of nitrogens with zero attached hydrogens (tertiary/aromatic N) is 4. The molecule has 6 heteroatoms. The highest BCUT2D eigenvalue weighted by atomic mass is 16.5. The predicted molar refractivity (Wildman–Crippen MR) is 129 cm³/mol. The van der Waals surface area contributed by atoms with E-state index < -0.39 is 0 Å². The number of hydrogen-bond acceptors (Lipinski definition) is 4. The lowest BCUT2D eigenvalue weighted by atomic mass is 9.90. The summed E-state index contributed by atoms with van der Waals surface area (Å²) in [7, 11) is 3.50. The number of pyridine rings is 1. The number of carbonyl (C=O) groups is 1. The van der Waals surface area contributed by atoms with E-state index >= 15 is 0 Å². The van der Waals surface area contributed by atoms with Crippen molar-refractivity contribution < 1.29 is 9.53 Å². The second-order valence-corrected chi connectivity index (χ2v) is 8.72. The molecule has 0 spiro atoms.